The molecule has 16 heavy (non-hydrogen) atoms. The molecule has 0 heterocycles. The minimum atomic E-state index is 0.241. The Labute approximate surface area is 98.7 Å². The summed E-state index contributed by atoms with van der Waals surface area (Å²) in [6, 6.07) is 10.7. The maximum Gasteiger partial charge on any atom is 0.0471 e. The Balaban J connectivity index is 2.50. The molecule has 1 aromatic carbocycles. The third-order valence-electron chi connectivity index (χ3n) is 3.00. The highest BCUT2D eigenvalue weighted by atomic mass is 16.3. The van der Waals surface area contributed by atoms with Crippen molar-refractivity contribution in [3.63, 3.8) is 0 Å². The second kappa shape index (κ2) is 6.66. The minimum absolute atomic E-state index is 0.241. The molecule has 2 nitrogen and oxygen atoms in total. The molecular formula is C14H23NO. The molecule has 2 heteroatoms. The predicted octanol–water partition coefficient (Wildman–Crippen LogP) is 2.43. The zero-order chi connectivity index (χ0) is 12.0. The van der Waals surface area contributed by atoms with Crippen molar-refractivity contribution in [2.24, 2.45) is 11.8 Å². The smallest absolute Gasteiger partial charge is 0.0471 e. The maximum absolute atomic E-state index is 9.21. The number of aliphatic hydroxyl groups is 1. The van der Waals surface area contributed by atoms with Gasteiger partial charge in [-0.25, -0.2) is 0 Å². The molecule has 0 saturated carbocycles. The highest BCUT2D eigenvalue weighted by molar-refractivity contribution is 5.14. The van der Waals surface area contributed by atoms with E-state index in [0.29, 0.717) is 17.9 Å². The summed E-state index contributed by atoms with van der Waals surface area (Å²) in [5.41, 5.74) is 1.29. The fourth-order valence-electron chi connectivity index (χ4n) is 2.04. The predicted molar refractivity (Wildman–Crippen MR) is 68.2 cm³/mol. The molecule has 0 fully saturated rings. The summed E-state index contributed by atoms with van der Waals surface area (Å²) in [5.74, 6) is 0.828. The van der Waals surface area contributed by atoms with Gasteiger partial charge in [-0.3, -0.25) is 0 Å². The molecule has 0 aliphatic carbocycles. The molecule has 1 rings (SSSR count). The van der Waals surface area contributed by atoms with Gasteiger partial charge in [0.15, 0.2) is 0 Å². The molecule has 0 unspecified atom stereocenters. The van der Waals surface area contributed by atoms with Crippen LogP contribution in [0.25, 0.3) is 0 Å². The SMILES string of the molecule is CC(C)[C@H](NCc1ccccc1)[C@@H](C)CO. The highest BCUT2D eigenvalue weighted by Crippen LogP contribution is 2.13. The molecule has 0 bridgehead atoms. The highest BCUT2D eigenvalue weighted by Gasteiger charge is 2.19. The quantitative estimate of drug-likeness (QED) is 0.773. The third-order valence-corrected chi connectivity index (χ3v) is 3.00. The number of hydrogen-bond acceptors (Lipinski definition) is 2. The monoisotopic (exact) mass is 221 g/mol. The van der Waals surface area contributed by atoms with E-state index in [1.165, 1.54) is 5.56 Å². The first-order valence-electron chi connectivity index (χ1n) is 6.03. The summed E-state index contributed by atoms with van der Waals surface area (Å²) in [7, 11) is 0. The lowest BCUT2D eigenvalue weighted by Gasteiger charge is -2.27. The standard InChI is InChI=1S/C14H23NO/c1-11(2)14(12(3)10-16)15-9-13-7-5-4-6-8-13/h4-8,11-12,14-16H,9-10H2,1-3H3/t12-,14-/m0/s1. The average molecular weight is 221 g/mol. The molecule has 0 radical (unpaired) electrons. The number of rotatable bonds is 6. The summed E-state index contributed by atoms with van der Waals surface area (Å²) >= 11 is 0. The van der Waals surface area contributed by atoms with Crippen LogP contribution in [0, 0.1) is 11.8 Å². The van der Waals surface area contributed by atoms with Gasteiger partial charge in [0.1, 0.15) is 0 Å². The second-order valence-electron chi connectivity index (χ2n) is 4.80. The Bertz CT molecular complexity index is 284. The van der Waals surface area contributed by atoms with Gasteiger partial charge in [-0.1, -0.05) is 51.1 Å². The Hall–Kier alpha value is -0.860. The van der Waals surface area contributed by atoms with E-state index in [1.807, 2.05) is 6.07 Å². The van der Waals surface area contributed by atoms with Crippen LogP contribution in [-0.2, 0) is 6.54 Å². The van der Waals surface area contributed by atoms with E-state index in [-0.39, 0.29) is 6.61 Å². The van der Waals surface area contributed by atoms with Gasteiger partial charge in [0, 0.05) is 19.2 Å². The lowest BCUT2D eigenvalue weighted by atomic mass is 9.92. The van der Waals surface area contributed by atoms with Gasteiger partial charge in [0.25, 0.3) is 0 Å². The Kier molecular flexibility index (Phi) is 5.50. The van der Waals surface area contributed by atoms with Crippen LogP contribution in [0.3, 0.4) is 0 Å². The molecular weight excluding hydrogens is 198 g/mol. The van der Waals surface area contributed by atoms with Crippen LogP contribution in [0.2, 0.25) is 0 Å². The molecule has 0 saturated heterocycles. The van der Waals surface area contributed by atoms with Gasteiger partial charge in [-0.05, 0) is 17.4 Å². The Morgan fingerprint density at radius 3 is 2.25 bits per heavy atom. The summed E-state index contributed by atoms with van der Waals surface area (Å²) in [5, 5.41) is 12.7. The van der Waals surface area contributed by atoms with Gasteiger partial charge in [0.05, 0.1) is 0 Å². The number of hydrogen-bond donors (Lipinski definition) is 2. The molecule has 2 N–H and O–H groups in total. The van der Waals surface area contributed by atoms with Crippen molar-refractivity contribution in [2.75, 3.05) is 6.61 Å². The fourth-order valence-corrected chi connectivity index (χ4v) is 2.04. The largest absolute Gasteiger partial charge is 0.396 e. The van der Waals surface area contributed by atoms with Gasteiger partial charge in [-0.15, -0.1) is 0 Å². The third kappa shape index (κ3) is 3.95. The fraction of sp³-hybridized carbons (Fsp3) is 0.571. The first-order valence-corrected chi connectivity index (χ1v) is 6.03. The molecule has 90 valence electrons. The summed E-state index contributed by atoms with van der Waals surface area (Å²) in [4.78, 5) is 0. The van der Waals surface area contributed by atoms with E-state index >= 15 is 0 Å². The number of nitrogens with one attached hydrogen (secondary N) is 1. The van der Waals surface area contributed by atoms with Crippen LogP contribution in [0.5, 0.6) is 0 Å². The number of benzene rings is 1. The summed E-state index contributed by atoms with van der Waals surface area (Å²) in [6.07, 6.45) is 0. The van der Waals surface area contributed by atoms with E-state index in [0.717, 1.165) is 6.54 Å². The van der Waals surface area contributed by atoms with Crippen molar-refractivity contribution < 1.29 is 5.11 Å². The molecule has 1 aromatic rings. The second-order valence-corrected chi connectivity index (χ2v) is 4.80. The molecule has 0 aliphatic rings. The van der Waals surface area contributed by atoms with Gasteiger partial charge in [0.2, 0.25) is 0 Å². The first kappa shape index (κ1) is 13.2. The molecule has 0 aromatic heterocycles. The molecule has 2 atom stereocenters. The Morgan fingerprint density at radius 1 is 1.12 bits per heavy atom. The van der Waals surface area contributed by atoms with Crippen molar-refractivity contribution in [2.45, 2.75) is 33.4 Å². The van der Waals surface area contributed by atoms with Crippen molar-refractivity contribution in [3.05, 3.63) is 35.9 Å². The zero-order valence-electron chi connectivity index (χ0n) is 10.5. The first-order chi connectivity index (χ1) is 7.65. The average Bonchev–Trinajstić information content (AvgIpc) is 2.30. The van der Waals surface area contributed by atoms with Gasteiger partial charge < -0.3 is 10.4 Å². The zero-order valence-corrected chi connectivity index (χ0v) is 10.5. The van der Waals surface area contributed by atoms with Crippen molar-refractivity contribution in [1.82, 2.24) is 5.32 Å². The maximum atomic E-state index is 9.21. The van der Waals surface area contributed by atoms with Crippen LogP contribution in [0.15, 0.2) is 30.3 Å². The normalized spacial score (nSPS) is 15.1. The van der Waals surface area contributed by atoms with Crippen LogP contribution in [-0.4, -0.2) is 17.8 Å². The summed E-state index contributed by atoms with van der Waals surface area (Å²) in [6.45, 7) is 7.57. The van der Waals surface area contributed by atoms with E-state index in [4.69, 9.17) is 0 Å². The number of aliphatic hydroxyl groups excluding tert-OH is 1. The lowest BCUT2D eigenvalue weighted by Crippen LogP contribution is -2.40. The lowest BCUT2D eigenvalue weighted by molar-refractivity contribution is 0.177. The van der Waals surface area contributed by atoms with E-state index in [2.05, 4.69) is 50.4 Å². The molecule has 0 spiro atoms. The molecule has 0 aliphatic heterocycles. The minimum Gasteiger partial charge on any atom is -0.396 e. The van der Waals surface area contributed by atoms with E-state index < -0.39 is 0 Å². The van der Waals surface area contributed by atoms with Crippen molar-refractivity contribution >= 4 is 0 Å². The van der Waals surface area contributed by atoms with Crippen LogP contribution in [0.1, 0.15) is 26.3 Å². The van der Waals surface area contributed by atoms with E-state index in [9.17, 15) is 5.11 Å². The van der Waals surface area contributed by atoms with Crippen molar-refractivity contribution in [1.29, 1.82) is 0 Å². The van der Waals surface area contributed by atoms with Crippen LogP contribution < -0.4 is 5.32 Å². The van der Waals surface area contributed by atoms with Crippen LogP contribution in [0.4, 0.5) is 0 Å². The van der Waals surface area contributed by atoms with Crippen molar-refractivity contribution in [3.8, 4) is 0 Å². The van der Waals surface area contributed by atoms with Gasteiger partial charge >= 0.3 is 0 Å². The van der Waals surface area contributed by atoms with E-state index in [1.54, 1.807) is 0 Å². The Morgan fingerprint density at radius 2 is 1.75 bits per heavy atom. The topological polar surface area (TPSA) is 32.3 Å². The van der Waals surface area contributed by atoms with Crippen LogP contribution >= 0.6 is 0 Å². The molecule has 0 amide bonds. The van der Waals surface area contributed by atoms with Gasteiger partial charge in [-0.2, -0.15) is 0 Å². The summed E-state index contributed by atoms with van der Waals surface area (Å²) < 4.78 is 0.